The number of benzene rings is 3. The molecule has 3 aromatic rings. The van der Waals surface area contributed by atoms with Crippen LogP contribution in [-0.2, 0) is 0 Å². The van der Waals surface area contributed by atoms with Crippen molar-refractivity contribution in [1.29, 1.82) is 0 Å². The van der Waals surface area contributed by atoms with Gasteiger partial charge in [0.15, 0.2) is 11.5 Å². The van der Waals surface area contributed by atoms with E-state index >= 15 is 0 Å². The van der Waals surface area contributed by atoms with Gasteiger partial charge in [0.25, 0.3) is 5.91 Å². The fraction of sp³-hybridized carbons (Fsp3) is 0.269. The van der Waals surface area contributed by atoms with Crippen LogP contribution in [0.4, 0.5) is 10.1 Å². The van der Waals surface area contributed by atoms with Crippen molar-refractivity contribution in [2.45, 2.75) is 6.04 Å². The minimum Gasteiger partial charge on any atom is -0.454 e. The second kappa shape index (κ2) is 9.50. The van der Waals surface area contributed by atoms with Crippen molar-refractivity contribution in [2.24, 2.45) is 0 Å². The Balaban J connectivity index is 1.32. The molecule has 1 N–H and O–H groups in total. The number of ether oxygens (including phenoxy) is 2. The van der Waals surface area contributed by atoms with Gasteiger partial charge in [0.05, 0.1) is 6.04 Å². The molecule has 3 aromatic carbocycles. The van der Waals surface area contributed by atoms with Crippen molar-refractivity contribution < 1.29 is 18.7 Å². The Morgan fingerprint density at radius 2 is 1.70 bits per heavy atom. The van der Waals surface area contributed by atoms with Gasteiger partial charge in [0, 0.05) is 44.0 Å². The monoisotopic (exact) mass is 447 g/mol. The number of nitrogens with zero attached hydrogens (tertiary/aromatic N) is 2. The van der Waals surface area contributed by atoms with Gasteiger partial charge in [-0.15, -0.1) is 0 Å². The Bertz CT molecular complexity index is 1120. The molecule has 6 nitrogen and oxygen atoms in total. The SMILES string of the molecule is O=C(NC[C@H](c1ccc2c(c1)OCO2)N1CCN(c2ccccc2)CC1)c1cccc(F)c1. The second-order valence-electron chi connectivity index (χ2n) is 8.21. The molecule has 1 atom stereocenters. The van der Waals surface area contributed by atoms with Crippen LogP contribution >= 0.6 is 0 Å². The number of carbonyl (C=O) groups is 1. The summed E-state index contributed by atoms with van der Waals surface area (Å²) in [7, 11) is 0. The Morgan fingerprint density at radius 3 is 2.48 bits per heavy atom. The standard InChI is InChI=1S/C26H26FN3O3/c27-21-6-4-5-20(15-21)26(31)28-17-23(19-9-10-24-25(16-19)33-18-32-24)30-13-11-29(12-14-30)22-7-2-1-3-8-22/h1-10,15-16,23H,11-14,17-18H2,(H,28,31)/t23-/m1/s1. The first-order valence-corrected chi connectivity index (χ1v) is 11.1. The number of amides is 1. The summed E-state index contributed by atoms with van der Waals surface area (Å²) in [6.07, 6.45) is 0. The zero-order chi connectivity index (χ0) is 22.6. The van der Waals surface area contributed by atoms with E-state index in [1.807, 2.05) is 24.3 Å². The zero-order valence-electron chi connectivity index (χ0n) is 18.2. The first-order chi connectivity index (χ1) is 16.2. The van der Waals surface area contributed by atoms with Crippen molar-refractivity contribution in [3.8, 4) is 11.5 Å². The minimum absolute atomic E-state index is 0.0464. The molecule has 1 amide bonds. The lowest BCUT2D eigenvalue weighted by atomic mass is 10.0. The van der Waals surface area contributed by atoms with Crippen molar-refractivity contribution >= 4 is 11.6 Å². The third-order valence-corrected chi connectivity index (χ3v) is 6.20. The van der Waals surface area contributed by atoms with E-state index in [9.17, 15) is 9.18 Å². The van der Waals surface area contributed by atoms with E-state index in [4.69, 9.17) is 9.47 Å². The largest absolute Gasteiger partial charge is 0.454 e. The molecule has 2 heterocycles. The molecule has 0 spiro atoms. The van der Waals surface area contributed by atoms with Crippen LogP contribution in [0, 0.1) is 5.82 Å². The quantitative estimate of drug-likeness (QED) is 0.622. The lowest BCUT2D eigenvalue weighted by Gasteiger charge is -2.40. The van der Waals surface area contributed by atoms with E-state index in [0.717, 1.165) is 43.2 Å². The van der Waals surface area contributed by atoms with E-state index in [-0.39, 0.29) is 18.7 Å². The summed E-state index contributed by atoms with van der Waals surface area (Å²) < 4.78 is 24.6. The summed E-state index contributed by atoms with van der Waals surface area (Å²) in [5, 5.41) is 3.00. The molecule has 0 radical (unpaired) electrons. The van der Waals surface area contributed by atoms with Crippen LogP contribution < -0.4 is 19.7 Å². The first kappa shape index (κ1) is 21.3. The number of para-hydroxylation sites is 1. The highest BCUT2D eigenvalue weighted by Gasteiger charge is 2.27. The molecule has 1 saturated heterocycles. The predicted octanol–water partition coefficient (Wildman–Crippen LogP) is 3.85. The lowest BCUT2D eigenvalue weighted by Crippen LogP contribution is -2.50. The van der Waals surface area contributed by atoms with Crippen molar-refractivity contribution in [3.63, 3.8) is 0 Å². The van der Waals surface area contributed by atoms with Gasteiger partial charge in [-0.2, -0.15) is 0 Å². The number of hydrogen-bond acceptors (Lipinski definition) is 5. The Hall–Kier alpha value is -3.58. The summed E-state index contributed by atoms with van der Waals surface area (Å²) in [6, 6.07) is 22.0. The predicted molar refractivity (Wildman–Crippen MR) is 124 cm³/mol. The Morgan fingerprint density at radius 1 is 0.909 bits per heavy atom. The van der Waals surface area contributed by atoms with Gasteiger partial charge in [-0.3, -0.25) is 9.69 Å². The van der Waals surface area contributed by atoms with Gasteiger partial charge in [-0.05, 0) is 48.0 Å². The second-order valence-corrected chi connectivity index (χ2v) is 8.21. The average Bonchev–Trinajstić information content (AvgIpc) is 3.33. The zero-order valence-corrected chi connectivity index (χ0v) is 18.2. The molecule has 0 saturated carbocycles. The van der Waals surface area contributed by atoms with E-state index in [1.54, 1.807) is 12.1 Å². The number of carbonyl (C=O) groups excluding carboxylic acids is 1. The highest BCUT2D eigenvalue weighted by Crippen LogP contribution is 2.35. The van der Waals surface area contributed by atoms with Gasteiger partial charge >= 0.3 is 0 Å². The van der Waals surface area contributed by atoms with Gasteiger partial charge in [0.1, 0.15) is 5.82 Å². The molecule has 0 bridgehead atoms. The molecular formula is C26H26FN3O3. The highest BCUT2D eigenvalue weighted by molar-refractivity contribution is 5.94. The number of fused-ring (bicyclic) bond motifs is 1. The molecule has 33 heavy (non-hydrogen) atoms. The maximum atomic E-state index is 13.6. The van der Waals surface area contributed by atoms with Crippen molar-refractivity contribution in [3.05, 3.63) is 89.7 Å². The van der Waals surface area contributed by atoms with E-state index in [1.165, 1.54) is 17.8 Å². The van der Waals surface area contributed by atoms with Crippen LogP contribution in [0.5, 0.6) is 11.5 Å². The minimum atomic E-state index is -0.424. The molecule has 0 aromatic heterocycles. The maximum absolute atomic E-state index is 13.6. The topological polar surface area (TPSA) is 54.0 Å². The van der Waals surface area contributed by atoms with Crippen LogP contribution in [-0.4, -0.2) is 50.3 Å². The average molecular weight is 448 g/mol. The van der Waals surface area contributed by atoms with Crippen molar-refractivity contribution in [2.75, 3.05) is 44.4 Å². The van der Waals surface area contributed by atoms with Crippen LogP contribution in [0.2, 0.25) is 0 Å². The van der Waals surface area contributed by atoms with Crippen LogP contribution in [0.3, 0.4) is 0 Å². The Labute approximate surface area is 192 Å². The number of anilines is 1. The summed E-state index contributed by atoms with van der Waals surface area (Å²) in [6.45, 7) is 4.11. The summed E-state index contributed by atoms with van der Waals surface area (Å²) in [5.74, 6) is 0.738. The van der Waals surface area contributed by atoms with E-state index in [0.29, 0.717) is 12.1 Å². The maximum Gasteiger partial charge on any atom is 0.251 e. The Kier molecular flexibility index (Phi) is 6.13. The summed E-state index contributed by atoms with van der Waals surface area (Å²) >= 11 is 0. The third-order valence-electron chi connectivity index (χ3n) is 6.20. The molecule has 1 fully saturated rings. The summed E-state index contributed by atoms with van der Waals surface area (Å²) in [4.78, 5) is 17.4. The molecule has 2 aliphatic rings. The number of hydrogen-bond donors (Lipinski definition) is 1. The van der Waals surface area contributed by atoms with Gasteiger partial charge in [-0.25, -0.2) is 4.39 Å². The first-order valence-electron chi connectivity index (χ1n) is 11.1. The van der Waals surface area contributed by atoms with Gasteiger partial charge in [0.2, 0.25) is 6.79 Å². The normalized spacial score (nSPS) is 16.5. The van der Waals surface area contributed by atoms with Gasteiger partial charge in [-0.1, -0.05) is 30.3 Å². The third kappa shape index (κ3) is 4.78. The molecule has 0 aliphatic carbocycles. The highest BCUT2D eigenvalue weighted by atomic mass is 19.1. The van der Waals surface area contributed by atoms with E-state index < -0.39 is 5.82 Å². The molecule has 0 unspecified atom stereocenters. The van der Waals surface area contributed by atoms with Crippen LogP contribution in [0.25, 0.3) is 0 Å². The molecule has 5 rings (SSSR count). The van der Waals surface area contributed by atoms with Gasteiger partial charge < -0.3 is 19.7 Å². The van der Waals surface area contributed by atoms with E-state index in [2.05, 4.69) is 39.4 Å². The fourth-order valence-corrected chi connectivity index (χ4v) is 4.43. The molecule has 2 aliphatic heterocycles. The smallest absolute Gasteiger partial charge is 0.251 e. The number of rotatable bonds is 6. The molecule has 7 heteroatoms. The van der Waals surface area contributed by atoms with Crippen LogP contribution in [0.15, 0.2) is 72.8 Å². The van der Waals surface area contributed by atoms with Crippen molar-refractivity contribution in [1.82, 2.24) is 10.2 Å². The molecular weight excluding hydrogens is 421 g/mol. The number of nitrogens with one attached hydrogen (secondary N) is 1. The number of piperazine rings is 1. The fourth-order valence-electron chi connectivity index (χ4n) is 4.43. The lowest BCUT2D eigenvalue weighted by molar-refractivity contribution is 0.0929. The summed E-state index contributed by atoms with van der Waals surface area (Å²) in [5.41, 5.74) is 2.58. The number of halogens is 1. The van der Waals surface area contributed by atoms with Crippen LogP contribution in [0.1, 0.15) is 22.0 Å². The molecule has 170 valence electrons.